The fourth-order valence-corrected chi connectivity index (χ4v) is 2.64. The second kappa shape index (κ2) is 3.63. The molecule has 0 spiro atoms. The maximum absolute atomic E-state index is 13.2. The van der Waals surface area contributed by atoms with Gasteiger partial charge in [0.05, 0.1) is 11.4 Å². The molecule has 2 heterocycles. The van der Waals surface area contributed by atoms with Gasteiger partial charge in [0.15, 0.2) is 0 Å². The van der Waals surface area contributed by atoms with Crippen LogP contribution in [0.3, 0.4) is 0 Å². The Morgan fingerprint density at radius 3 is 2.82 bits per heavy atom. The Hall–Kier alpha value is -1.75. The highest BCUT2D eigenvalue weighted by atomic mass is 32.1. The third-order valence-corrected chi connectivity index (χ3v) is 3.45. The lowest BCUT2D eigenvalue weighted by Crippen LogP contribution is -1.89. The van der Waals surface area contributed by atoms with Crippen molar-refractivity contribution in [1.82, 2.24) is 14.6 Å². The van der Waals surface area contributed by atoms with Crippen LogP contribution in [0.25, 0.3) is 16.2 Å². The van der Waals surface area contributed by atoms with Crippen molar-refractivity contribution < 1.29 is 4.39 Å². The Morgan fingerprint density at radius 2 is 2.12 bits per heavy atom. The smallest absolute Gasteiger partial charge is 0.212 e. The summed E-state index contributed by atoms with van der Waals surface area (Å²) in [5.74, 6) is -0.248. The monoisotopic (exact) mass is 247 g/mol. The summed E-state index contributed by atoms with van der Waals surface area (Å²) < 4.78 is 15.0. The third-order valence-electron chi connectivity index (χ3n) is 2.63. The van der Waals surface area contributed by atoms with E-state index in [1.54, 1.807) is 10.6 Å². The number of fused-ring (bicyclic) bond motifs is 1. The fraction of sp³-hybridized carbons (Fsp3) is 0.167. The van der Waals surface area contributed by atoms with E-state index in [2.05, 4.69) is 10.1 Å². The normalized spacial score (nSPS) is 11.2. The van der Waals surface area contributed by atoms with Crippen molar-refractivity contribution in [2.75, 3.05) is 0 Å². The molecule has 0 saturated heterocycles. The number of aromatic nitrogens is 3. The largest absolute Gasteiger partial charge is 0.217 e. The van der Waals surface area contributed by atoms with Gasteiger partial charge in [0.2, 0.25) is 4.96 Å². The van der Waals surface area contributed by atoms with Gasteiger partial charge in [-0.05, 0) is 26.0 Å². The Morgan fingerprint density at radius 1 is 1.29 bits per heavy atom. The highest BCUT2D eigenvalue weighted by molar-refractivity contribution is 7.16. The molecule has 0 N–H and O–H groups in total. The van der Waals surface area contributed by atoms with E-state index >= 15 is 0 Å². The molecule has 3 nitrogen and oxygen atoms in total. The number of imidazole rings is 1. The molecule has 0 saturated carbocycles. The summed E-state index contributed by atoms with van der Waals surface area (Å²) in [4.78, 5) is 5.34. The van der Waals surface area contributed by atoms with Gasteiger partial charge in [0, 0.05) is 5.56 Å². The lowest BCUT2D eigenvalue weighted by Gasteiger charge is -1.98. The SMILES string of the molecule is Cc1nn2c(C)c(-c3cccc(F)c3)nc2s1. The van der Waals surface area contributed by atoms with Crippen LogP contribution in [-0.2, 0) is 0 Å². The molecule has 3 aromatic rings. The number of halogens is 1. The zero-order valence-electron chi connectivity index (χ0n) is 9.44. The van der Waals surface area contributed by atoms with Crippen LogP contribution in [0, 0.1) is 19.7 Å². The predicted octanol–water partition coefficient (Wildman–Crippen LogP) is 3.21. The minimum Gasteiger partial charge on any atom is -0.217 e. The van der Waals surface area contributed by atoms with E-state index in [1.165, 1.54) is 23.5 Å². The summed E-state index contributed by atoms with van der Waals surface area (Å²) in [6.07, 6.45) is 0. The molecule has 0 atom stereocenters. The van der Waals surface area contributed by atoms with E-state index < -0.39 is 0 Å². The molecule has 0 radical (unpaired) electrons. The summed E-state index contributed by atoms with van der Waals surface area (Å²) in [5.41, 5.74) is 2.52. The maximum atomic E-state index is 13.2. The molecule has 0 aliphatic carbocycles. The van der Waals surface area contributed by atoms with Crippen molar-refractivity contribution >= 4 is 16.3 Å². The van der Waals surface area contributed by atoms with Crippen LogP contribution in [0.2, 0.25) is 0 Å². The summed E-state index contributed by atoms with van der Waals surface area (Å²) in [6.45, 7) is 3.89. The average Bonchev–Trinajstić information content (AvgIpc) is 2.78. The molecule has 0 aliphatic rings. The second-order valence-electron chi connectivity index (χ2n) is 3.87. The van der Waals surface area contributed by atoms with Crippen molar-refractivity contribution in [3.63, 3.8) is 0 Å². The topological polar surface area (TPSA) is 30.2 Å². The average molecular weight is 247 g/mol. The Labute approximate surface area is 102 Å². The van der Waals surface area contributed by atoms with Gasteiger partial charge in [-0.25, -0.2) is 13.9 Å². The Bertz CT molecular complexity index is 699. The van der Waals surface area contributed by atoms with Gasteiger partial charge in [-0.3, -0.25) is 0 Å². The molecule has 5 heteroatoms. The van der Waals surface area contributed by atoms with E-state index in [1.807, 2.05) is 19.9 Å². The van der Waals surface area contributed by atoms with Crippen LogP contribution in [0.1, 0.15) is 10.7 Å². The molecule has 0 amide bonds. The van der Waals surface area contributed by atoms with Gasteiger partial charge >= 0.3 is 0 Å². The van der Waals surface area contributed by atoms with Gasteiger partial charge in [0.1, 0.15) is 10.8 Å². The zero-order valence-corrected chi connectivity index (χ0v) is 10.3. The van der Waals surface area contributed by atoms with Crippen LogP contribution in [0.15, 0.2) is 24.3 Å². The first-order valence-corrected chi connectivity index (χ1v) is 6.05. The van der Waals surface area contributed by atoms with Crippen LogP contribution in [0.5, 0.6) is 0 Å². The van der Waals surface area contributed by atoms with Crippen LogP contribution in [0.4, 0.5) is 4.39 Å². The molecule has 2 aromatic heterocycles. The highest BCUT2D eigenvalue weighted by Gasteiger charge is 2.13. The first kappa shape index (κ1) is 10.4. The fourth-order valence-electron chi connectivity index (χ4n) is 1.85. The second-order valence-corrected chi connectivity index (χ2v) is 5.03. The Balaban J connectivity index is 2.24. The van der Waals surface area contributed by atoms with Crippen LogP contribution < -0.4 is 0 Å². The number of nitrogens with zero attached hydrogens (tertiary/aromatic N) is 3. The first-order valence-electron chi connectivity index (χ1n) is 5.24. The van der Waals surface area contributed by atoms with E-state index in [9.17, 15) is 4.39 Å². The zero-order chi connectivity index (χ0) is 12.0. The van der Waals surface area contributed by atoms with Gasteiger partial charge in [0.25, 0.3) is 0 Å². The number of rotatable bonds is 1. The third kappa shape index (κ3) is 1.63. The van der Waals surface area contributed by atoms with Crippen molar-refractivity contribution in [2.45, 2.75) is 13.8 Å². The maximum Gasteiger partial charge on any atom is 0.212 e. The summed E-state index contributed by atoms with van der Waals surface area (Å²) in [7, 11) is 0. The number of hydrogen-bond acceptors (Lipinski definition) is 3. The minimum absolute atomic E-state index is 0.248. The van der Waals surface area contributed by atoms with Gasteiger partial charge in [-0.1, -0.05) is 23.5 Å². The molecule has 0 unspecified atom stereocenters. The van der Waals surface area contributed by atoms with E-state index in [-0.39, 0.29) is 5.82 Å². The van der Waals surface area contributed by atoms with Crippen LogP contribution in [-0.4, -0.2) is 14.6 Å². The molecule has 0 bridgehead atoms. The highest BCUT2D eigenvalue weighted by Crippen LogP contribution is 2.26. The first-order chi connectivity index (χ1) is 8.15. The van der Waals surface area contributed by atoms with E-state index in [4.69, 9.17) is 0 Å². The molecule has 17 heavy (non-hydrogen) atoms. The van der Waals surface area contributed by atoms with Gasteiger partial charge in [-0.2, -0.15) is 5.10 Å². The predicted molar refractivity (Wildman–Crippen MR) is 65.7 cm³/mol. The molecule has 3 rings (SSSR count). The quantitative estimate of drug-likeness (QED) is 0.661. The van der Waals surface area contributed by atoms with Crippen molar-refractivity contribution in [1.29, 1.82) is 0 Å². The Kier molecular flexibility index (Phi) is 2.22. The summed E-state index contributed by atoms with van der Waals surface area (Å²) in [6, 6.07) is 6.47. The van der Waals surface area contributed by atoms with Crippen LogP contribution >= 0.6 is 11.3 Å². The van der Waals surface area contributed by atoms with Crippen molar-refractivity contribution in [3.8, 4) is 11.3 Å². The van der Waals surface area contributed by atoms with Gasteiger partial charge in [-0.15, -0.1) is 0 Å². The van der Waals surface area contributed by atoms with E-state index in [0.29, 0.717) is 0 Å². The molecule has 1 aromatic carbocycles. The summed E-state index contributed by atoms with van der Waals surface area (Å²) >= 11 is 1.53. The van der Waals surface area contributed by atoms with Gasteiger partial charge < -0.3 is 0 Å². The number of aryl methyl sites for hydroxylation is 2. The number of benzene rings is 1. The summed E-state index contributed by atoms with van der Waals surface area (Å²) in [5, 5.41) is 5.33. The van der Waals surface area contributed by atoms with Crippen molar-refractivity contribution in [2.24, 2.45) is 0 Å². The lowest BCUT2D eigenvalue weighted by atomic mass is 10.1. The minimum atomic E-state index is -0.248. The molecule has 0 aliphatic heterocycles. The molecule has 86 valence electrons. The molecular weight excluding hydrogens is 237 g/mol. The lowest BCUT2D eigenvalue weighted by molar-refractivity contribution is 0.628. The standard InChI is InChI=1S/C12H10FN3S/c1-7-11(9-4-3-5-10(13)6-9)14-12-16(7)15-8(2)17-12/h3-6H,1-2H3. The van der Waals surface area contributed by atoms with E-state index in [0.717, 1.165) is 26.9 Å². The molecule has 0 fully saturated rings. The van der Waals surface area contributed by atoms with Crippen molar-refractivity contribution in [3.05, 3.63) is 40.8 Å². The number of hydrogen-bond donors (Lipinski definition) is 0. The molecular formula is C12H10FN3S.